The maximum atomic E-state index is 12.5. The minimum Gasteiger partial charge on any atom is -0.333 e. The van der Waals surface area contributed by atoms with Gasteiger partial charge < -0.3 is 10.6 Å². The van der Waals surface area contributed by atoms with Crippen LogP contribution in [-0.2, 0) is 6.54 Å². The first kappa shape index (κ1) is 16.0. The van der Waals surface area contributed by atoms with Gasteiger partial charge in [-0.05, 0) is 50.8 Å². The Kier molecular flexibility index (Phi) is 5.83. The minimum atomic E-state index is 0. The lowest BCUT2D eigenvalue weighted by Gasteiger charge is -2.40. The molecule has 1 fully saturated rings. The fourth-order valence-corrected chi connectivity index (χ4v) is 2.42. The van der Waals surface area contributed by atoms with Crippen molar-refractivity contribution >= 4 is 18.3 Å². The quantitative estimate of drug-likeness (QED) is 0.923. The molecule has 1 aromatic rings. The molecule has 0 aliphatic heterocycles. The van der Waals surface area contributed by atoms with E-state index in [0.29, 0.717) is 12.6 Å². The van der Waals surface area contributed by atoms with E-state index < -0.39 is 0 Å². The van der Waals surface area contributed by atoms with Crippen LogP contribution >= 0.6 is 12.4 Å². The van der Waals surface area contributed by atoms with Crippen molar-refractivity contribution in [2.24, 2.45) is 5.73 Å². The predicted octanol–water partition coefficient (Wildman–Crippen LogP) is 2.97. The van der Waals surface area contributed by atoms with E-state index in [1.807, 2.05) is 29.2 Å². The zero-order chi connectivity index (χ0) is 13.1. The van der Waals surface area contributed by atoms with Gasteiger partial charge >= 0.3 is 0 Å². The van der Waals surface area contributed by atoms with Gasteiger partial charge in [-0.2, -0.15) is 0 Å². The number of carbonyl (C=O) groups excluding carboxylic acids is 1. The third-order valence-corrected chi connectivity index (χ3v) is 3.70. The van der Waals surface area contributed by atoms with E-state index in [-0.39, 0.29) is 24.4 Å². The number of hydrogen-bond acceptors (Lipinski definition) is 2. The third kappa shape index (κ3) is 3.48. The molecule has 1 aliphatic carbocycles. The molecule has 1 saturated carbocycles. The molecule has 0 saturated heterocycles. The molecular formula is C15H23ClN2O. The summed E-state index contributed by atoms with van der Waals surface area (Å²) in [5.41, 5.74) is 7.40. The van der Waals surface area contributed by atoms with Gasteiger partial charge in [0.25, 0.3) is 5.91 Å². The molecule has 0 radical (unpaired) electrons. The Morgan fingerprint density at radius 2 is 1.89 bits per heavy atom. The number of benzene rings is 1. The molecule has 3 nitrogen and oxygen atoms in total. The van der Waals surface area contributed by atoms with Gasteiger partial charge in [0.15, 0.2) is 0 Å². The number of carbonyl (C=O) groups is 1. The van der Waals surface area contributed by atoms with Crippen LogP contribution in [0.25, 0.3) is 0 Å². The molecule has 0 unspecified atom stereocenters. The lowest BCUT2D eigenvalue weighted by atomic mass is 9.90. The van der Waals surface area contributed by atoms with Crippen molar-refractivity contribution < 1.29 is 4.79 Å². The van der Waals surface area contributed by atoms with E-state index in [0.717, 1.165) is 24.0 Å². The molecule has 0 aromatic heterocycles. The molecule has 0 bridgehead atoms. The molecular weight excluding hydrogens is 260 g/mol. The van der Waals surface area contributed by atoms with E-state index in [1.165, 1.54) is 6.42 Å². The Morgan fingerprint density at radius 3 is 2.26 bits per heavy atom. The van der Waals surface area contributed by atoms with Gasteiger partial charge in [0.05, 0.1) is 0 Å². The van der Waals surface area contributed by atoms with Gasteiger partial charge in [-0.25, -0.2) is 0 Å². The molecule has 0 heterocycles. The van der Waals surface area contributed by atoms with Gasteiger partial charge in [0, 0.05) is 24.2 Å². The summed E-state index contributed by atoms with van der Waals surface area (Å²) in [6, 6.07) is 8.35. The summed E-state index contributed by atoms with van der Waals surface area (Å²) in [4.78, 5) is 14.5. The largest absolute Gasteiger partial charge is 0.333 e. The Hall–Kier alpha value is -1.06. The number of hydrogen-bond donors (Lipinski definition) is 1. The fourth-order valence-electron chi connectivity index (χ4n) is 2.42. The normalized spacial score (nSPS) is 14.7. The van der Waals surface area contributed by atoms with Crippen LogP contribution in [0.2, 0.25) is 0 Å². The molecule has 2 N–H and O–H groups in total. The second-order valence-electron chi connectivity index (χ2n) is 5.29. The van der Waals surface area contributed by atoms with Crippen LogP contribution in [-0.4, -0.2) is 22.9 Å². The van der Waals surface area contributed by atoms with E-state index in [1.54, 1.807) is 0 Å². The highest BCUT2D eigenvalue weighted by Crippen LogP contribution is 2.28. The summed E-state index contributed by atoms with van der Waals surface area (Å²) < 4.78 is 0. The number of rotatable bonds is 4. The van der Waals surface area contributed by atoms with Crippen molar-refractivity contribution in [3.63, 3.8) is 0 Å². The second-order valence-corrected chi connectivity index (χ2v) is 5.29. The van der Waals surface area contributed by atoms with Crippen LogP contribution in [0.15, 0.2) is 24.3 Å². The average molecular weight is 283 g/mol. The third-order valence-electron chi connectivity index (χ3n) is 3.70. The van der Waals surface area contributed by atoms with Crippen molar-refractivity contribution in [2.75, 3.05) is 0 Å². The topological polar surface area (TPSA) is 46.3 Å². The Balaban J connectivity index is 0.00000180. The van der Waals surface area contributed by atoms with Crippen LogP contribution in [0.5, 0.6) is 0 Å². The van der Waals surface area contributed by atoms with Crippen LogP contribution in [0, 0.1) is 0 Å². The Morgan fingerprint density at radius 1 is 1.32 bits per heavy atom. The molecule has 4 heteroatoms. The lowest BCUT2D eigenvalue weighted by molar-refractivity contribution is 0.0489. The number of halogens is 1. The van der Waals surface area contributed by atoms with Gasteiger partial charge in [-0.1, -0.05) is 12.1 Å². The standard InChI is InChI=1S/C15H22N2O.ClH/c1-11(2)17(14-4-3-5-14)15(18)13-8-6-12(10-16)7-9-13;/h6-9,11,14H,3-5,10,16H2,1-2H3;1H. The van der Waals surface area contributed by atoms with E-state index in [2.05, 4.69) is 13.8 Å². The molecule has 0 atom stereocenters. The Bertz CT molecular complexity index is 413. The molecule has 106 valence electrons. The summed E-state index contributed by atoms with van der Waals surface area (Å²) in [7, 11) is 0. The van der Waals surface area contributed by atoms with E-state index >= 15 is 0 Å². The zero-order valence-corrected chi connectivity index (χ0v) is 12.5. The van der Waals surface area contributed by atoms with Crippen molar-refractivity contribution in [3.8, 4) is 0 Å². The predicted molar refractivity (Wildman–Crippen MR) is 80.5 cm³/mol. The second kappa shape index (κ2) is 6.92. The smallest absolute Gasteiger partial charge is 0.254 e. The molecule has 2 rings (SSSR count). The Labute approximate surface area is 121 Å². The van der Waals surface area contributed by atoms with Crippen LogP contribution in [0.3, 0.4) is 0 Å². The molecule has 1 amide bonds. The molecule has 1 aromatic carbocycles. The minimum absolute atomic E-state index is 0. The number of nitrogens with two attached hydrogens (primary N) is 1. The van der Waals surface area contributed by atoms with Crippen molar-refractivity contribution in [3.05, 3.63) is 35.4 Å². The van der Waals surface area contributed by atoms with Gasteiger partial charge in [-0.15, -0.1) is 12.4 Å². The first-order valence-corrected chi connectivity index (χ1v) is 6.75. The lowest BCUT2D eigenvalue weighted by Crippen LogP contribution is -2.48. The maximum absolute atomic E-state index is 12.5. The van der Waals surface area contributed by atoms with Gasteiger partial charge in [0.1, 0.15) is 0 Å². The highest BCUT2D eigenvalue weighted by molar-refractivity contribution is 5.94. The summed E-state index contributed by atoms with van der Waals surface area (Å²) in [5, 5.41) is 0. The zero-order valence-electron chi connectivity index (χ0n) is 11.6. The monoisotopic (exact) mass is 282 g/mol. The first-order valence-electron chi connectivity index (χ1n) is 6.75. The number of nitrogens with zero attached hydrogens (tertiary/aromatic N) is 1. The van der Waals surface area contributed by atoms with Gasteiger partial charge in [-0.3, -0.25) is 4.79 Å². The molecule has 0 spiro atoms. The highest BCUT2D eigenvalue weighted by Gasteiger charge is 2.31. The molecule has 1 aliphatic rings. The van der Waals surface area contributed by atoms with Crippen molar-refractivity contribution in [2.45, 2.75) is 51.7 Å². The highest BCUT2D eigenvalue weighted by atomic mass is 35.5. The summed E-state index contributed by atoms with van der Waals surface area (Å²) in [6.45, 7) is 4.69. The number of amides is 1. The van der Waals surface area contributed by atoms with E-state index in [9.17, 15) is 4.79 Å². The van der Waals surface area contributed by atoms with Crippen LogP contribution in [0.4, 0.5) is 0 Å². The van der Waals surface area contributed by atoms with Crippen LogP contribution < -0.4 is 5.73 Å². The average Bonchev–Trinajstić information content (AvgIpc) is 2.32. The summed E-state index contributed by atoms with van der Waals surface area (Å²) in [5.74, 6) is 0.151. The summed E-state index contributed by atoms with van der Waals surface area (Å²) >= 11 is 0. The fraction of sp³-hybridized carbons (Fsp3) is 0.533. The van der Waals surface area contributed by atoms with E-state index in [4.69, 9.17) is 5.73 Å². The maximum Gasteiger partial charge on any atom is 0.254 e. The SMILES string of the molecule is CC(C)N(C(=O)c1ccc(CN)cc1)C1CCC1.Cl. The van der Waals surface area contributed by atoms with Gasteiger partial charge in [0.2, 0.25) is 0 Å². The first-order chi connectivity index (χ1) is 8.63. The van der Waals surface area contributed by atoms with Crippen molar-refractivity contribution in [1.82, 2.24) is 4.90 Å². The van der Waals surface area contributed by atoms with Crippen molar-refractivity contribution in [1.29, 1.82) is 0 Å². The molecule has 19 heavy (non-hydrogen) atoms. The summed E-state index contributed by atoms with van der Waals surface area (Å²) in [6.07, 6.45) is 3.53. The van der Waals surface area contributed by atoms with Crippen LogP contribution in [0.1, 0.15) is 49.0 Å².